The van der Waals surface area contributed by atoms with Gasteiger partial charge in [-0.1, -0.05) is 34.1 Å². The number of aryl methyl sites for hydroxylation is 1. The third kappa shape index (κ3) is 3.68. The Morgan fingerprint density at radius 2 is 2.22 bits per heavy atom. The molecule has 0 aliphatic heterocycles. The van der Waals surface area contributed by atoms with Crippen molar-refractivity contribution in [2.75, 3.05) is 6.54 Å². The molecule has 96 valence electrons. The standard InChI is InChI=1S/C14H18BrN3/c1-12(13-5-2-3-6-14(13)15)17-7-4-9-18-10-8-16-11-18/h2-3,5-6,8,10-12,17H,4,7,9H2,1H3. The van der Waals surface area contributed by atoms with E-state index in [2.05, 4.69) is 55.9 Å². The Labute approximate surface area is 116 Å². The van der Waals surface area contributed by atoms with Crippen molar-refractivity contribution >= 4 is 15.9 Å². The molecule has 1 unspecified atom stereocenters. The van der Waals surface area contributed by atoms with E-state index < -0.39 is 0 Å². The SMILES string of the molecule is CC(NCCCn1ccnc1)c1ccccc1Br. The molecule has 18 heavy (non-hydrogen) atoms. The Kier molecular flexibility index (Phi) is 4.96. The molecule has 3 nitrogen and oxygen atoms in total. The first kappa shape index (κ1) is 13.3. The lowest BCUT2D eigenvalue weighted by molar-refractivity contribution is 0.525. The molecule has 2 aromatic rings. The second-order valence-electron chi connectivity index (χ2n) is 4.35. The van der Waals surface area contributed by atoms with Gasteiger partial charge in [0.25, 0.3) is 0 Å². The monoisotopic (exact) mass is 307 g/mol. The lowest BCUT2D eigenvalue weighted by atomic mass is 10.1. The first-order valence-electron chi connectivity index (χ1n) is 6.21. The molecule has 0 amide bonds. The van der Waals surface area contributed by atoms with Crippen LogP contribution in [0.25, 0.3) is 0 Å². The van der Waals surface area contributed by atoms with Crippen LogP contribution in [0.5, 0.6) is 0 Å². The molecular formula is C14H18BrN3. The van der Waals surface area contributed by atoms with Crippen LogP contribution >= 0.6 is 15.9 Å². The van der Waals surface area contributed by atoms with Crippen LogP contribution in [0.15, 0.2) is 47.5 Å². The number of aromatic nitrogens is 2. The molecule has 4 heteroatoms. The summed E-state index contributed by atoms with van der Waals surface area (Å²) >= 11 is 3.58. The van der Waals surface area contributed by atoms with Crippen molar-refractivity contribution < 1.29 is 0 Å². The molecule has 0 radical (unpaired) electrons. The van der Waals surface area contributed by atoms with Gasteiger partial charge in [-0.05, 0) is 31.5 Å². The summed E-state index contributed by atoms with van der Waals surface area (Å²) in [7, 11) is 0. The highest BCUT2D eigenvalue weighted by molar-refractivity contribution is 9.10. The summed E-state index contributed by atoms with van der Waals surface area (Å²) in [5.41, 5.74) is 1.31. The fourth-order valence-electron chi connectivity index (χ4n) is 1.94. The van der Waals surface area contributed by atoms with Gasteiger partial charge in [-0.15, -0.1) is 0 Å². The van der Waals surface area contributed by atoms with Crippen molar-refractivity contribution in [3.05, 3.63) is 53.0 Å². The molecule has 0 fully saturated rings. The van der Waals surface area contributed by atoms with Crippen molar-refractivity contribution in [2.24, 2.45) is 0 Å². The molecule has 0 saturated carbocycles. The van der Waals surface area contributed by atoms with E-state index in [9.17, 15) is 0 Å². The van der Waals surface area contributed by atoms with Gasteiger partial charge >= 0.3 is 0 Å². The van der Waals surface area contributed by atoms with Crippen molar-refractivity contribution in [1.29, 1.82) is 0 Å². The zero-order valence-corrected chi connectivity index (χ0v) is 12.1. The highest BCUT2D eigenvalue weighted by Gasteiger charge is 2.07. The van der Waals surface area contributed by atoms with Gasteiger partial charge in [0.15, 0.2) is 0 Å². The van der Waals surface area contributed by atoms with E-state index in [0.29, 0.717) is 6.04 Å². The average Bonchev–Trinajstić information content (AvgIpc) is 2.88. The lowest BCUT2D eigenvalue weighted by Crippen LogP contribution is -2.21. The summed E-state index contributed by atoms with van der Waals surface area (Å²) in [4.78, 5) is 4.03. The molecule has 1 atom stereocenters. The zero-order valence-electron chi connectivity index (χ0n) is 10.5. The number of nitrogens with zero attached hydrogens (tertiary/aromatic N) is 2. The Bertz CT molecular complexity index is 468. The molecule has 1 heterocycles. The van der Waals surface area contributed by atoms with Crippen molar-refractivity contribution in [3.8, 4) is 0 Å². The highest BCUT2D eigenvalue weighted by Crippen LogP contribution is 2.22. The van der Waals surface area contributed by atoms with Crippen LogP contribution in [0.2, 0.25) is 0 Å². The number of benzene rings is 1. The molecule has 0 aliphatic carbocycles. The Morgan fingerprint density at radius 3 is 2.94 bits per heavy atom. The van der Waals surface area contributed by atoms with Gasteiger partial charge in [-0.2, -0.15) is 0 Å². The zero-order chi connectivity index (χ0) is 12.8. The Balaban J connectivity index is 1.75. The van der Waals surface area contributed by atoms with Crippen molar-refractivity contribution in [2.45, 2.75) is 25.9 Å². The largest absolute Gasteiger partial charge is 0.337 e. The minimum atomic E-state index is 0.364. The second-order valence-corrected chi connectivity index (χ2v) is 5.21. The third-order valence-corrected chi connectivity index (χ3v) is 3.70. The predicted molar refractivity (Wildman–Crippen MR) is 77.4 cm³/mol. The molecule has 0 saturated heterocycles. The first-order chi connectivity index (χ1) is 8.77. The van der Waals surface area contributed by atoms with Crippen LogP contribution in [-0.4, -0.2) is 16.1 Å². The number of hydrogen-bond donors (Lipinski definition) is 1. The van der Waals surface area contributed by atoms with Crippen LogP contribution in [0.3, 0.4) is 0 Å². The minimum absolute atomic E-state index is 0.364. The number of imidazole rings is 1. The number of rotatable bonds is 6. The van der Waals surface area contributed by atoms with Crippen LogP contribution in [0, 0.1) is 0 Å². The van der Waals surface area contributed by atoms with Crippen LogP contribution < -0.4 is 5.32 Å². The van der Waals surface area contributed by atoms with Gasteiger partial charge in [0.2, 0.25) is 0 Å². The molecule has 2 rings (SSSR count). The van der Waals surface area contributed by atoms with Crippen LogP contribution in [0.4, 0.5) is 0 Å². The smallest absolute Gasteiger partial charge is 0.0945 e. The van der Waals surface area contributed by atoms with E-state index in [-0.39, 0.29) is 0 Å². The summed E-state index contributed by atoms with van der Waals surface area (Å²) in [5, 5.41) is 3.54. The highest BCUT2D eigenvalue weighted by atomic mass is 79.9. The second kappa shape index (κ2) is 6.71. The fraction of sp³-hybridized carbons (Fsp3) is 0.357. The van der Waals surface area contributed by atoms with Crippen molar-refractivity contribution in [1.82, 2.24) is 14.9 Å². The van der Waals surface area contributed by atoms with Crippen LogP contribution in [0.1, 0.15) is 24.9 Å². The maximum Gasteiger partial charge on any atom is 0.0945 e. The summed E-state index contributed by atoms with van der Waals surface area (Å²) in [6, 6.07) is 8.71. The molecule has 0 bridgehead atoms. The predicted octanol–water partition coefficient (Wildman–Crippen LogP) is 3.39. The number of nitrogens with one attached hydrogen (secondary N) is 1. The maximum absolute atomic E-state index is 4.03. The van der Waals surface area contributed by atoms with Gasteiger partial charge < -0.3 is 9.88 Å². The average molecular weight is 308 g/mol. The van der Waals surface area contributed by atoms with Gasteiger partial charge in [-0.3, -0.25) is 0 Å². The van der Waals surface area contributed by atoms with E-state index in [1.165, 1.54) is 10.0 Å². The molecule has 0 aliphatic rings. The van der Waals surface area contributed by atoms with Gasteiger partial charge in [0.1, 0.15) is 0 Å². The molecule has 1 aromatic carbocycles. The van der Waals surface area contributed by atoms with Crippen LogP contribution in [-0.2, 0) is 6.54 Å². The van der Waals surface area contributed by atoms with Gasteiger partial charge in [0.05, 0.1) is 6.33 Å². The Morgan fingerprint density at radius 1 is 1.39 bits per heavy atom. The topological polar surface area (TPSA) is 29.9 Å². The van der Waals surface area contributed by atoms with E-state index in [1.54, 1.807) is 0 Å². The molecule has 1 aromatic heterocycles. The van der Waals surface area contributed by atoms with E-state index in [1.807, 2.05) is 24.8 Å². The quantitative estimate of drug-likeness (QED) is 0.829. The number of halogens is 1. The first-order valence-corrected chi connectivity index (χ1v) is 7.00. The third-order valence-electron chi connectivity index (χ3n) is 2.97. The van der Waals surface area contributed by atoms with E-state index >= 15 is 0 Å². The Hall–Kier alpha value is -1.13. The molecule has 1 N–H and O–H groups in total. The van der Waals surface area contributed by atoms with Gasteiger partial charge in [0, 0.05) is 29.5 Å². The van der Waals surface area contributed by atoms with E-state index in [0.717, 1.165) is 19.5 Å². The summed E-state index contributed by atoms with van der Waals surface area (Å²) in [6.07, 6.45) is 6.77. The summed E-state index contributed by atoms with van der Waals surface area (Å²) in [5.74, 6) is 0. The fourth-order valence-corrected chi connectivity index (χ4v) is 2.56. The van der Waals surface area contributed by atoms with Crippen molar-refractivity contribution in [3.63, 3.8) is 0 Å². The summed E-state index contributed by atoms with van der Waals surface area (Å²) < 4.78 is 3.27. The maximum atomic E-state index is 4.03. The lowest BCUT2D eigenvalue weighted by Gasteiger charge is -2.15. The van der Waals surface area contributed by atoms with E-state index in [4.69, 9.17) is 0 Å². The summed E-state index contributed by atoms with van der Waals surface area (Å²) in [6.45, 7) is 4.20. The molecular weight excluding hydrogens is 290 g/mol. The molecule has 0 spiro atoms. The normalized spacial score (nSPS) is 12.6. The minimum Gasteiger partial charge on any atom is -0.337 e. The number of hydrogen-bond acceptors (Lipinski definition) is 2. The van der Waals surface area contributed by atoms with Gasteiger partial charge in [-0.25, -0.2) is 4.98 Å².